The van der Waals surface area contributed by atoms with E-state index < -0.39 is 0 Å². The second-order valence-corrected chi connectivity index (χ2v) is 4.62. The minimum Gasteiger partial charge on any atom is -0.370 e. The van der Waals surface area contributed by atoms with E-state index in [2.05, 4.69) is 25.9 Å². The first-order chi connectivity index (χ1) is 8.99. The van der Waals surface area contributed by atoms with Crippen LogP contribution in [0.3, 0.4) is 0 Å². The van der Waals surface area contributed by atoms with Crippen LogP contribution in [0, 0.1) is 6.92 Å². The maximum atomic E-state index is 11.3. The van der Waals surface area contributed by atoms with E-state index in [0.29, 0.717) is 5.82 Å². The van der Waals surface area contributed by atoms with Crippen LogP contribution in [0.5, 0.6) is 0 Å². The van der Waals surface area contributed by atoms with E-state index in [0.717, 1.165) is 23.8 Å². The van der Waals surface area contributed by atoms with Gasteiger partial charge in [0.25, 0.3) is 0 Å². The summed E-state index contributed by atoms with van der Waals surface area (Å²) in [6.45, 7) is 9.05. The number of rotatable bonds is 6. The molecule has 0 aliphatic carbocycles. The van der Waals surface area contributed by atoms with Gasteiger partial charge in [-0.3, -0.25) is 4.79 Å². The SMILES string of the molecule is CCNc1nc(C(C)C)nc(NCC(=O)NC)c1C. The van der Waals surface area contributed by atoms with E-state index in [-0.39, 0.29) is 18.4 Å². The smallest absolute Gasteiger partial charge is 0.239 e. The number of likely N-dealkylation sites (N-methyl/N-ethyl adjacent to an activating group) is 1. The van der Waals surface area contributed by atoms with Gasteiger partial charge in [-0.2, -0.15) is 0 Å². The Morgan fingerprint density at radius 3 is 2.26 bits per heavy atom. The van der Waals surface area contributed by atoms with Gasteiger partial charge in [0, 0.05) is 25.1 Å². The highest BCUT2D eigenvalue weighted by atomic mass is 16.1. The fourth-order valence-corrected chi connectivity index (χ4v) is 1.56. The summed E-state index contributed by atoms with van der Waals surface area (Å²) in [6, 6.07) is 0. The molecule has 1 rings (SSSR count). The fourth-order valence-electron chi connectivity index (χ4n) is 1.56. The van der Waals surface area contributed by atoms with Gasteiger partial charge in [-0.05, 0) is 13.8 Å². The van der Waals surface area contributed by atoms with Crippen molar-refractivity contribution in [3.63, 3.8) is 0 Å². The van der Waals surface area contributed by atoms with Gasteiger partial charge in [0.2, 0.25) is 5.91 Å². The molecular formula is C13H23N5O. The number of amides is 1. The number of nitrogens with zero attached hydrogens (tertiary/aromatic N) is 2. The third kappa shape index (κ3) is 4.08. The molecule has 0 bridgehead atoms. The lowest BCUT2D eigenvalue weighted by Crippen LogP contribution is -2.27. The fraction of sp³-hybridized carbons (Fsp3) is 0.615. The van der Waals surface area contributed by atoms with Crippen molar-refractivity contribution in [1.29, 1.82) is 0 Å². The third-order valence-corrected chi connectivity index (χ3v) is 2.72. The molecule has 0 unspecified atom stereocenters. The number of hydrogen-bond donors (Lipinski definition) is 3. The molecule has 106 valence electrons. The Labute approximate surface area is 114 Å². The van der Waals surface area contributed by atoms with Gasteiger partial charge in [-0.15, -0.1) is 0 Å². The van der Waals surface area contributed by atoms with Crippen molar-refractivity contribution in [2.24, 2.45) is 0 Å². The Morgan fingerprint density at radius 2 is 1.79 bits per heavy atom. The number of carbonyl (C=O) groups excluding carboxylic acids is 1. The van der Waals surface area contributed by atoms with Gasteiger partial charge in [-0.25, -0.2) is 9.97 Å². The maximum Gasteiger partial charge on any atom is 0.239 e. The molecule has 3 N–H and O–H groups in total. The molecule has 0 aliphatic heterocycles. The van der Waals surface area contributed by atoms with Crippen LogP contribution in [0.2, 0.25) is 0 Å². The lowest BCUT2D eigenvalue weighted by Gasteiger charge is -2.15. The summed E-state index contributed by atoms with van der Waals surface area (Å²) >= 11 is 0. The molecule has 6 nitrogen and oxygen atoms in total. The molecule has 1 heterocycles. The van der Waals surface area contributed by atoms with Gasteiger partial charge in [0.1, 0.15) is 17.5 Å². The standard InChI is InChI=1S/C13H23N5O/c1-6-15-12-9(4)13(16-7-10(19)14-5)18-11(17-12)8(2)3/h8H,6-7H2,1-5H3,(H,14,19)(H2,15,16,17,18). The number of aromatic nitrogens is 2. The number of nitrogens with one attached hydrogen (secondary N) is 3. The zero-order valence-corrected chi connectivity index (χ0v) is 12.3. The molecule has 19 heavy (non-hydrogen) atoms. The lowest BCUT2D eigenvalue weighted by molar-refractivity contribution is -0.118. The van der Waals surface area contributed by atoms with E-state index in [1.807, 2.05) is 27.7 Å². The van der Waals surface area contributed by atoms with Crippen LogP contribution in [-0.4, -0.2) is 36.0 Å². The molecule has 6 heteroatoms. The van der Waals surface area contributed by atoms with Crippen molar-refractivity contribution in [2.75, 3.05) is 30.8 Å². The van der Waals surface area contributed by atoms with Crippen LogP contribution in [-0.2, 0) is 4.79 Å². The highest BCUT2D eigenvalue weighted by Gasteiger charge is 2.13. The first kappa shape index (κ1) is 15.2. The van der Waals surface area contributed by atoms with Gasteiger partial charge < -0.3 is 16.0 Å². The van der Waals surface area contributed by atoms with Gasteiger partial charge in [0.05, 0.1) is 6.54 Å². The van der Waals surface area contributed by atoms with Crippen molar-refractivity contribution in [3.8, 4) is 0 Å². The van der Waals surface area contributed by atoms with Crippen LogP contribution < -0.4 is 16.0 Å². The van der Waals surface area contributed by atoms with Gasteiger partial charge in [-0.1, -0.05) is 13.8 Å². The van der Waals surface area contributed by atoms with Crippen LogP contribution >= 0.6 is 0 Å². The molecule has 0 saturated heterocycles. The summed E-state index contributed by atoms with van der Waals surface area (Å²) in [5.74, 6) is 2.45. The van der Waals surface area contributed by atoms with Crippen LogP contribution in [0.25, 0.3) is 0 Å². The minimum absolute atomic E-state index is 0.0749. The summed E-state index contributed by atoms with van der Waals surface area (Å²) < 4.78 is 0. The second-order valence-electron chi connectivity index (χ2n) is 4.62. The highest BCUT2D eigenvalue weighted by molar-refractivity contribution is 5.80. The Kier molecular flexibility index (Phi) is 5.54. The summed E-state index contributed by atoms with van der Waals surface area (Å²) in [4.78, 5) is 20.3. The zero-order chi connectivity index (χ0) is 14.4. The molecule has 0 radical (unpaired) electrons. The monoisotopic (exact) mass is 265 g/mol. The number of hydrogen-bond acceptors (Lipinski definition) is 5. The predicted molar refractivity (Wildman–Crippen MR) is 77.6 cm³/mol. The molecule has 0 atom stereocenters. The molecule has 1 aromatic heterocycles. The zero-order valence-electron chi connectivity index (χ0n) is 12.3. The van der Waals surface area contributed by atoms with Crippen molar-refractivity contribution in [1.82, 2.24) is 15.3 Å². The van der Waals surface area contributed by atoms with Crippen LogP contribution in [0.1, 0.15) is 38.1 Å². The second kappa shape index (κ2) is 6.92. The summed E-state index contributed by atoms with van der Waals surface area (Å²) in [6.07, 6.45) is 0. The van der Waals surface area contributed by atoms with E-state index in [4.69, 9.17) is 0 Å². The molecule has 0 fully saturated rings. The molecule has 0 saturated carbocycles. The van der Waals surface area contributed by atoms with Crippen molar-refractivity contribution >= 4 is 17.5 Å². The van der Waals surface area contributed by atoms with Crippen molar-refractivity contribution < 1.29 is 4.79 Å². The topological polar surface area (TPSA) is 78.9 Å². The minimum atomic E-state index is -0.0749. The summed E-state index contributed by atoms with van der Waals surface area (Å²) in [7, 11) is 1.61. The lowest BCUT2D eigenvalue weighted by atomic mass is 10.2. The molecule has 1 aromatic rings. The molecular weight excluding hydrogens is 242 g/mol. The van der Waals surface area contributed by atoms with Crippen LogP contribution in [0.4, 0.5) is 11.6 Å². The summed E-state index contributed by atoms with van der Waals surface area (Å²) in [5.41, 5.74) is 0.926. The Hall–Kier alpha value is -1.85. The van der Waals surface area contributed by atoms with E-state index in [1.54, 1.807) is 7.05 Å². The Bertz CT molecular complexity index is 445. The van der Waals surface area contributed by atoms with Gasteiger partial charge in [0.15, 0.2) is 0 Å². The van der Waals surface area contributed by atoms with Crippen molar-refractivity contribution in [2.45, 2.75) is 33.6 Å². The van der Waals surface area contributed by atoms with Crippen LogP contribution in [0.15, 0.2) is 0 Å². The Morgan fingerprint density at radius 1 is 1.21 bits per heavy atom. The Balaban J connectivity index is 3.03. The first-order valence-corrected chi connectivity index (χ1v) is 6.56. The normalized spacial score (nSPS) is 10.4. The number of anilines is 2. The van der Waals surface area contributed by atoms with E-state index in [1.165, 1.54) is 0 Å². The molecule has 0 aromatic carbocycles. The number of carbonyl (C=O) groups is 1. The van der Waals surface area contributed by atoms with Crippen molar-refractivity contribution in [3.05, 3.63) is 11.4 Å². The highest BCUT2D eigenvalue weighted by Crippen LogP contribution is 2.22. The third-order valence-electron chi connectivity index (χ3n) is 2.72. The summed E-state index contributed by atoms with van der Waals surface area (Å²) in [5, 5.41) is 8.85. The largest absolute Gasteiger partial charge is 0.370 e. The molecule has 1 amide bonds. The van der Waals surface area contributed by atoms with E-state index in [9.17, 15) is 4.79 Å². The first-order valence-electron chi connectivity index (χ1n) is 6.56. The average molecular weight is 265 g/mol. The average Bonchev–Trinajstić information content (AvgIpc) is 2.39. The predicted octanol–water partition coefficient (Wildman–Crippen LogP) is 1.50. The molecule has 0 aliphatic rings. The quantitative estimate of drug-likeness (QED) is 0.726. The maximum absolute atomic E-state index is 11.3. The van der Waals surface area contributed by atoms with Gasteiger partial charge >= 0.3 is 0 Å². The molecule has 0 spiro atoms. The van der Waals surface area contributed by atoms with E-state index >= 15 is 0 Å².